The number of aromatic nitrogens is 2. The number of hydrogen-bond acceptors (Lipinski definition) is 5. The molecule has 0 amide bonds. The van der Waals surface area contributed by atoms with E-state index in [1.807, 2.05) is 18.0 Å². The molecule has 1 rings (SSSR count). The predicted octanol–water partition coefficient (Wildman–Crippen LogP) is 4.12. The summed E-state index contributed by atoms with van der Waals surface area (Å²) in [6, 6.07) is 1.77. The summed E-state index contributed by atoms with van der Waals surface area (Å²) in [7, 11) is 1.95. The van der Waals surface area contributed by atoms with Gasteiger partial charge in [-0.05, 0) is 12.8 Å². The minimum absolute atomic E-state index is 0.359. The van der Waals surface area contributed by atoms with Crippen LogP contribution in [0.5, 0.6) is 0 Å². The molecule has 0 aromatic carbocycles. The zero-order valence-electron chi connectivity index (χ0n) is 13.1. The molecule has 0 aliphatic carbocycles. The average molecular weight is 310 g/mol. The van der Waals surface area contributed by atoms with E-state index in [0.717, 1.165) is 37.1 Å². The maximum atomic E-state index is 5.93. The summed E-state index contributed by atoms with van der Waals surface area (Å²) >= 11 is 5.93. The van der Waals surface area contributed by atoms with Gasteiger partial charge in [0.1, 0.15) is 0 Å². The lowest BCUT2D eigenvalue weighted by atomic mass is 10.1. The molecule has 0 saturated heterocycles. The van der Waals surface area contributed by atoms with Crippen molar-refractivity contribution in [2.45, 2.75) is 39.5 Å². The number of nitrogens with zero attached hydrogens (tertiary/aromatic N) is 4. The van der Waals surface area contributed by atoms with Crippen molar-refractivity contribution in [3.05, 3.63) is 23.9 Å². The lowest BCUT2D eigenvalue weighted by Crippen LogP contribution is -2.19. The Morgan fingerprint density at radius 3 is 2.62 bits per heavy atom. The minimum atomic E-state index is 0.359. The molecule has 1 aromatic rings. The van der Waals surface area contributed by atoms with E-state index in [1.54, 1.807) is 6.07 Å². The van der Waals surface area contributed by atoms with Gasteiger partial charge in [-0.2, -0.15) is 5.10 Å². The first-order valence-corrected chi connectivity index (χ1v) is 7.66. The molecular weight excluding hydrogens is 286 g/mol. The van der Waals surface area contributed by atoms with Gasteiger partial charge in [-0.25, -0.2) is 0 Å². The molecule has 0 fully saturated rings. The lowest BCUT2D eigenvalue weighted by Gasteiger charge is -2.19. The first-order chi connectivity index (χ1) is 10.1. The van der Waals surface area contributed by atoms with Crippen molar-refractivity contribution in [1.82, 2.24) is 10.2 Å². The van der Waals surface area contributed by atoms with Crippen molar-refractivity contribution in [1.29, 1.82) is 0 Å². The monoisotopic (exact) mass is 309 g/mol. The zero-order chi connectivity index (χ0) is 15.7. The normalized spacial score (nSPS) is 10.1. The number of anilines is 2. The fraction of sp³-hybridized carbons (Fsp3) is 0.533. The Morgan fingerprint density at radius 2 is 2.05 bits per heavy atom. The average Bonchev–Trinajstić information content (AvgIpc) is 2.46. The topological polar surface area (TPSA) is 53.4 Å². The highest BCUT2D eigenvalue weighted by atomic mass is 35.5. The standard InChI is InChI=1S/C15H24ClN5/c1-5-8-12(9-6-2)17-19-15-13(21(4)10-7-3)11-14(16)18-20-15/h7,11H,3,5-6,8-10H2,1-2,4H3,(H,19,20). The number of hydrazone groups is 1. The number of hydrogen-bond donors (Lipinski definition) is 1. The molecule has 6 heteroatoms. The van der Waals surface area contributed by atoms with Crippen LogP contribution >= 0.6 is 11.6 Å². The van der Waals surface area contributed by atoms with Gasteiger partial charge in [-0.1, -0.05) is 44.4 Å². The van der Waals surface area contributed by atoms with Gasteiger partial charge >= 0.3 is 0 Å². The number of halogens is 1. The molecule has 0 atom stereocenters. The summed E-state index contributed by atoms with van der Waals surface area (Å²) < 4.78 is 0. The van der Waals surface area contributed by atoms with E-state index in [1.165, 1.54) is 0 Å². The molecule has 0 radical (unpaired) electrons. The van der Waals surface area contributed by atoms with Crippen LogP contribution in [-0.2, 0) is 0 Å². The van der Waals surface area contributed by atoms with Crippen LogP contribution < -0.4 is 10.3 Å². The number of likely N-dealkylation sites (N-methyl/N-ethyl adjacent to an activating group) is 1. The van der Waals surface area contributed by atoms with E-state index in [9.17, 15) is 0 Å². The van der Waals surface area contributed by atoms with Gasteiger partial charge in [0, 0.05) is 25.4 Å². The Kier molecular flexibility index (Phi) is 7.75. The van der Waals surface area contributed by atoms with Gasteiger partial charge < -0.3 is 4.90 Å². The first-order valence-electron chi connectivity index (χ1n) is 7.29. The largest absolute Gasteiger partial charge is 0.368 e. The minimum Gasteiger partial charge on any atom is -0.368 e. The SMILES string of the molecule is C=CCN(C)c1cc(Cl)nnc1NN=C(CCC)CCC. The molecule has 1 N–H and O–H groups in total. The van der Waals surface area contributed by atoms with E-state index in [2.05, 4.69) is 41.2 Å². The second-order valence-electron chi connectivity index (χ2n) is 4.86. The van der Waals surface area contributed by atoms with Gasteiger partial charge in [0.05, 0.1) is 5.69 Å². The van der Waals surface area contributed by atoms with Crippen LogP contribution in [-0.4, -0.2) is 29.5 Å². The smallest absolute Gasteiger partial charge is 0.192 e. The van der Waals surface area contributed by atoms with Crippen molar-refractivity contribution >= 4 is 28.8 Å². The molecule has 0 unspecified atom stereocenters. The van der Waals surface area contributed by atoms with Crippen molar-refractivity contribution in [3.8, 4) is 0 Å². The maximum absolute atomic E-state index is 5.93. The van der Waals surface area contributed by atoms with Gasteiger partial charge in [0.2, 0.25) is 0 Å². The number of rotatable bonds is 9. The lowest BCUT2D eigenvalue weighted by molar-refractivity contribution is 0.905. The van der Waals surface area contributed by atoms with Crippen LogP contribution in [0.15, 0.2) is 23.8 Å². The Balaban J connectivity index is 2.95. The highest BCUT2D eigenvalue weighted by molar-refractivity contribution is 6.29. The van der Waals surface area contributed by atoms with Crippen molar-refractivity contribution in [3.63, 3.8) is 0 Å². The summed E-state index contributed by atoms with van der Waals surface area (Å²) in [4.78, 5) is 1.99. The highest BCUT2D eigenvalue weighted by Crippen LogP contribution is 2.24. The van der Waals surface area contributed by atoms with Gasteiger partial charge in [0.25, 0.3) is 0 Å². The third-order valence-corrected chi connectivity index (χ3v) is 3.14. The van der Waals surface area contributed by atoms with Crippen LogP contribution in [0.2, 0.25) is 5.15 Å². The molecule has 0 saturated carbocycles. The molecule has 21 heavy (non-hydrogen) atoms. The summed E-state index contributed by atoms with van der Waals surface area (Å²) in [5.74, 6) is 0.605. The number of nitrogens with one attached hydrogen (secondary N) is 1. The molecule has 0 spiro atoms. The molecule has 0 aliphatic heterocycles. The van der Waals surface area contributed by atoms with Crippen molar-refractivity contribution in [2.75, 3.05) is 23.9 Å². The van der Waals surface area contributed by atoms with E-state index >= 15 is 0 Å². The fourth-order valence-corrected chi connectivity index (χ4v) is 2.11. The Bertz CT molecular complexity index is 479. The molecule has 0 bridgehead atoms. The summed E-state index contributed by atoms with van der Waals surface area (Å²) in [5.41, 5.74) is 5.03. The van der Waals surface area contributed by atoms with E-state index in [0.29, 0.717) is 17.5 Å². The molecule has 0 aliphatic rings. The van der Waals surface area contributed by atoms with Crippen LogP contribution in [0.4, 0.5) is 11.5 Å². The van der Waals surface area contributed by atoms with Crippen LogP contribution in [0.3, 0.4) is 0 Å². The van der Waals surface area contributed by atoms with E-state index < -0.39 is 0 Å². The predicted molar refractivity (Wildman–Crippen MR) is 91.4 cm³/mol. The van der Waals surface area contributed by atoms with E-state index in [-0.39, 0.29) is 0 Å². The van der Waals surface area contributed by atoms with Gasteiger partial charge in [0.15, 0.2) is 11.0 Å². The van der Waals surface area contributed by atoms with Crippen molar-refractivity contribution in [2.24, 2.45) is 5.10 Å². The van der Waals surface area contributed by atoms with E-state index in [4.69, 9.17) is 11.6 Å². The zero-order valence-corrected chi connectivity index (χ0v) is 13.8. The summed E-state index contributed by atoms with van der Waals surface area (Å²) in [5, 5.41) is 12.8. The maximum Gasteiger partial charge on any atom is 0.192 e. The van der Waals surface area contributed by atoms with Crippen LogP contribution in [0.1, 0.15) is 39.5 Å². The van der Waals surface area contributed by atoms with Crippen molar-refractivity contribution < 1.29 is 0 Å². The first kappa shape index (κ1) is 17.4. The second-order valence-corrected chi connectivity index (χ2v) is 5.25. The van der Waals surface area contributed by atoms with Crippen LogP contribution in [0, 0.1) is 0 Å². The Hall–Kier alpha value is -1.62. The third kappa shape index (κ3) is 5.71. The Morgan fingerprint density at radius 1 is 1.38 bits per heavy atom. The Labute approximate surface area is 132 Å². The molecular formula is C15H24ClN5. The van der Waals surface area contributed by atoms with Gasteiger partial charge in [-0.3, -0.25) is 5.43 Å². The van der Waals surface area contributed by atoms with Gasteiger partial charge in [-0.15, -0.1) is 16.8 Å². The van der Waals surface area contributed by atoms with Crippen LogP contribution in [0.25, 0.3) is 0 Å². The highest BCUT2D eigenvalue weighted by Gasteiger charge is 2.10. The summed E-state index contributed by atoms with van der Waals surface area (Å²) in [6.45, 7) is 8.73. The summed E-state index contributed by atoms with van der Waals surface area (Å²) in [6.07, 6.45) is 5.95. The third-order valence-electron chi connectivity index (χ3n) is 2.96. The molecule has 5 nitrogen and oxygen atoms in total. The molecule has 1 aromatic heterocycles. The quantitative estimate of drug-likeness (QED) is 0.423. The second kappa shape index (κ2) is 9.34. The molecule has 116 valence electrons. The fourth-order valence-electron chi connectivity index (χ4n) is 1.97. The molecule has 1 heterocycles.